The maximum Gasteiger partial charge on any atom is 0.229 e. The summed E-state index contributed by atoms with van der Waals surface area (Å²) >= 11 is 0. The molecule has 1 saturated heterocycles. The highest BCUT2D eigenvalue weighted by molar-refractivity contribution is 7.89. The van der Waals surface area contributed by atoms with E-state index in [1.165, 1.54) is 4.90 Å². The molecule has 2 heterocycles. The van der Waals surface area contributed by atoms with E-state index in [-0.39, 0.29) is 24.8 Å². The largest absolute Gasteiger partial charge is 0.296 e. The fourth-order valence-corrected chi connectivity index (χ4v) is 2.86. The minimum absolute atomic E-state index is 0.0684. The van der Waals surface area contributed by atoms with Crippen LogP contribution in [0.3, 0.4) is 0 Å². The molecule has 8 heteroatoms. The topological polar surface area (TPSA) is 98.3 Å². The van der Waals surface area contributed by atoms with Crippen LogP contribution in [-0.4, -0.2) is 35.9 Å². The summed E-state index contributed by atoms with van der Waals surface area (Å²) in [6, 6.07) is 1.81. The van der Waals surface area contributed by atoms with Crippen molar-refractivity contribution in [1.82, 2.24) is 9.78 Å². The highest BCUT2D eigenvalue weighted by atomic mass is 32.2. The summed E-state index contributed by atoms with van der Waals surface area (Å²) in [4.78, 5) is 13.4. The fraction of sp³-hybridized carbons (Fsp3) is 0.636. The van der Waals surface area contributed by atoms with Gasteiger partial charge in [0.2, 0.25) is 15.9 Å². The van der Waals surface area contributed by atoms with Gasteiger partial charge in [-0.1, -0.05) is 13.8 Å². The molecule has 19 heavy (non-hydrogen) atoms. The van der Waals surface area contributed by atoms with E-state index in [9.17, 15) is 13.2 Å². The lowest BCUT2D eigenvalue weighted by atomic mass is 10.1. The Morgan fingerprint density at radius 1 is 1.47 bits per heavy atom. The number of carbonyl (C=O) groups is 1. The van der Waals surface area contributed by atoms with Crippen molar-refractivity contribution in [3.8, 4) is 0 Å². The van der Waals surface area contributed by atoms with Gasteiger partial charge in [0.25, 0.3) is 0 Å². The van der Waals surface area contributed by atoms with Gasteiger partial charge in [-0.25, -0.2) is 13.6 Å². The molecule has 2 N–H and O–H groups in total. The Labute approximate surface area is 112 Å². The van der Waals surface area contributed by atoms with Crippen LogP contribution in [0, 0.1) is 0 Å². The number of anilines is 1. The van der Waals surface area contributed by atoms with Crippen LogP contribution in [0.2, 0.25) is 0 Å². The molecule has 1 fully saturated rings. The summed E-state index contributed by atoms with van der Waals surface area (Å²) in [5.74, 6) is 0.615. The molecule has 1 aliphatic rings. The molecular formula is C11H18N4O3S. The predicted molar refractivity (Wildman–Crippen MR) is 71.2 cm³/mol. The molecule has 0 bridgehead atoms. The Morgan fingerprint density at radius 2 is 2.11 bits per heavy atom. The molecule has 106 valence electrons. The van der Waals surface area contributed by atoms with E-state index >= 15 is 0 Å². The molecule has 0 aliphatic carbocycles. The number of carbonyl (C=O) groups excluding carboxylic acids is 1. The van der Waals surface area contributed by atoms with Crippen LogP contribution < -0.4 is 10.0 Å². The summed E-state index contributed by atoms with van der Waals surface area (Å²) < 4.78 is 24.3. The first-order valence-corrected chi connectivity index (χ1v) is 7.67. The van der Waals surface area contributed by atoms with Crippen LogP contribution >= 0.6 is 0 Å². The van der Waals surface area contributed by atoms with E-state index in [4.69, 9.17) is 5.14 Å². The third kappa shape index (κ3) is 2.64. The monoisotopic (exact) mass is 286 g/mol. The number of amides is 1. The van der Waals surface area contributed by atoms with Crippen LogP contribution in [-0.2, 0) is 21.9 Å². The van der Waals surface area contributed by atoms with Crippen LogP contribution in [0.1, 0.15) is 31.9 Å². The Morgan fingerprint density at radius 3 is 2.53 bits per heavy atom. The highest BCUT2D eigenvalue weighted by Gasteiger charge is 2.38. The van der Waals surface area contributed by atoms with Crippen molar-refractivity contribution < 1.29 is 13.2 Å². The lowest BCUT2D eigenvalue weighted by molar-refractivity contribution is -0.117. The molecule has 1 aliphatic heterocycles. The van der Waals surface area contributed by atoms with Gasteiger partial charge in [-0.15, -0.1) is 0 Å². The SMILES string of the molecule is CC(C)c1cc(N2CC(S(N)(=O)=O)CC2=O)n(C)n1. The first-order chi connectivity index (χ1) is 8.70. The van der Waals surface area contributed by atoms with Crippen LogP contribution in [0.5, 0.6) is 0 Å². The summed E-state index contributed by atoms with van der Waals surface area (Å²) in [5.41, 5.74) is 0.865. The Bertz CT molecular complexity index is 605. The number of aryl methyl sites for hydroxylation is 1. The molecular weight excluding hydrogens is 268 g/mol. The maximum atomic E-state index is 11.9. The Kier molecular flexibility index (Phi) is 3.40. The quantitative estimate of drug-likeness (QED) is 0.841. The van der Waals surface area contributed by atoms with Crippen LogP contribution in [0.15, 0.2) is 6.07 Å². The van der Waals surface area contributed by atoms with Crippen LogP contribution in [0.4, 0.5) is 5.82 Å². The second-order valence-electron chi connectivity index (χ2n) is 5.13. The molecule has 0 saturated carbocycles. The Balaban J connectivity index is 2.31. The van der Waals surface area contributed by atoms with E-state index in [0.29, 0.717) is 5.82 Å². The van der Waals surface area contributed by atoms with Crippen molar-refractivity contribution in [1.29, 1.82) is 0 Å². The van der Waals surface area contributed by atoms with Crippen molar-refractivity contribution in [2.24, 2.45) is 12.2 Å². The van der Waals surface area contributed by atoms with E-state index in [0.717, 1.165) is 5.69 Å². The number of nitrogens with two attached hydrogens (primary N) is 1. The van der Waals surface area contributed by atoms with E-state index in [1.807, 2.05) is 19.9 Å². The number of nitrogens with zero attached hydrogens (tertiary/aromatic N) is 3. The number of sulfonamides is 1. The molecule has 0 spiro atoms. The molecule has 1 aromatic rings. The van der Waals surface area contributed by atoms with Gasteiger partial charge in [0.15, 0.2) is 0 Å². The molecule has 1 unspecified atom stereocenters. The number of aromatic nitrogens is 2. The third-order valence-electron chi connectivity index (χ3n) is 3.30. The number of hydrogen-bond acceptors (Lipinski definition) is 4. The first-order valence-electron chi connectivity index (χ1n) is 6.06. The summed E-state index contributed by atoms with van der Waals surface area (Å²) in [7, 11) is -1.96. The van der Waals surface area contributed by atoms with Gasteiger partial charge in [-0.2, -0.15) is 5.10 Å². The van der Waals surface area contributed by atoms with Gasteiger partial charge in [0.05, 0.1) is 5.69 Å². The summed E-state index contributed by atoms with van der Waals surface area (Å²) in [5, 5.41) is 8.59. The van der Waals surface area contributed by atoms with E-state index in [1.54, 1.807) is 11.7 Å². The van der Waals surface area contributed by atoms with Gasteiger partial charge < -0.3 is 0 Å². The lowest BCUT2D eigenvalue weighted by Gasteiger charge is -2.15. The molecule has 1 atom stereocenters. The number of rotatable bonds is 3. The number of primary sulfonamides is 1. The maximum absolute atomic E-state index is 11.9. The average molecular weight is 286 g/mol. The van der Waals surface area contributed by atoms with Gasteiger partial charge in [-0.05, 0) is 5.92 Å². The fourth-order valence-electron chi connectivity index (χ4n) is 2.13. The summed E-state index contributed by atoms with van der Waals surface area (Å²) in [6.45, 7) is 4.10. The van der Waals surface area contributed by atoms with E-state index < -0.39 is 15.3 Å². The third-order valence-corrected chi connectivity index (χ3v) is 4.54. The normalized spacial score (nSPS) is 20.6. The lowest BCUT2D eigenvalue weighted by Crippen LogP contribution is -2.32. The van der Waals surface area contributed by atoms with Crippen molar-refractivity contribution in [2.75, 3.05) is 11.4 Å². The van der Waals surface area contributed by atoms with Gasteiger partial charge in [0, 0.05) is 26.1 Å². The Hall–Kier alpha value is -1.41. The van der Waals surface area contributed by atoms with Crippen molar-refractivity contribution in [2.45, 2.75) is 31.4 Å². The number of hydrogen-bond donors (Lipinski definition) is 1. The molecule has 1 aromatic heterocycles. The highest BCUT2D eigenvalue weighted by Crippen LogP contribution is 2.26. The first kappa shape index (κ1) is 14.0. The van der Waals surface area contributed by atoms with Gasteiger partial charge in [0.1, 0.15) is 11.1 Å². The molecule has 0 radical (unpaired) electrons. The van der Waals surface area contributed by atoms with E-state index in [2.05, 4.69) is 5.10 Å². The van der Waals surface area contributed by atoms with Crippen molar-refractivity contribution in [3.63, 3.8) is 0 Å². The zero-order chi connectivity index (χ0) is 14.4. The second kappa shape index (κ2) is 4.61. The molecule has 0 aromatic carbocycles. The summed E-state index contributed by atoms with van der Waals surface area (Å²) in [6.07, 6.45) is -0.0684. The standard InChI is InChI=1S/C11H18N4O3S/c1-7(2)9-5-10(14(3)13-9)15-6-8(4-11(15)16)19(12,17)18/h5,7-8H,4,6H2,1-3H3,(H2,12,17,18). The zero-order valence-electron chi connectivity index (χ0n) is 11.2. The van der Waals surface area contributed by atoms with Crippen molar-refractivity contribution >= 4 is 21.7 Å². The molecule has 2 rings (SSSR count). The molecule has 1 amide bonds. The van der Waals surface area contributed by atoms with Gasteiger partial charge >= 0.3 is 0 Å². The van der Waals surface area contributed by atoms with Gasteiger partial charge in [-0.3, -0.25) is 14.4 Å². The minimum atomic E-state index is -3.69. The van der Waals surface area contributed by atoms with Crippen LogP contribution in [0.25, 0.3) is 0 Å². The molecule has 7 nitrogen and oxygen atoms in total. The minimum Gasteiger partial charge on any atom is -0.296 e. The zero-order valence-corrected chi connectivity index (χ0v) is 12.0. The average Bonchev–Trinajstić information content (AvgIpc) is 2.81. The smallest absolute Gasteiger partial charge is 0.229 e. The predicted octanol–water partition coefficient (Wildman–Crippen LogP) is -0.0627. The van der Waals surface area contributed by atoms with Crippen molar-refractivity contribution in [3.05, 3.63) is 11.8 Å². The second-order valence-corrected chi connectivity index (χ2v) is 6.97.